The van der Waals surface area contributed by atoms with Crippen LogP contribution in [0.2, 0.25) is 0 Å². The second kappa shape index (κ2) is 36.8. The number of allylic oxidation sites excluding steroid dienone is 2. The molecule has 16 nitrogen and oxygen atoms in total. The van der Waals surface area contributed by atoms with Crippen molar-refractivity contribution >= 4 is 27.6 Å². The molecular weight excluding hydrogens is 858 g/mol. The molecule has 0 radical (unpaired) electrons. The lowest BCUT2D eigenvalue weighted by atomic mass is 9.85. The van der Waals surface area contributed by atoms with Crippen molar-refractivity contribution in [1.29, 1.82) is 0 Å². The molecule has 63 heavy (non-hydrogen) atoms. The summed E-state index contributed by atoms with van der Waals surface area (Å²) in [7, 11) is -10.7. The monoisotopic (exact) mass is 945 g/mol. The number of hydrogen-bond acceptors (Lipinski definition) is 13. The minimum atomic E-state index is -5.36. The fourth-order valence-corrected chi connectivity index (χ4v) is 9.09. The smallest absolute Gasteiger partial charge is 0.462 e. The molecule has 0 bridgehead atoms. The van der Waals surface area contributed by atoms with Gasteiger partial charge >= 0.3 is 27.6 Å². The maximum atomic E-state index is 13.0. The third-order valence-corrected chi connectivity index (χ3v) is 12.8. The van der Waals surface area contributed by atoms with Gasteiger partial charge in [0.1, 0.15) is 43.2 Å². The lowest BCUT2D eigenvalue weighted by Gasteiger charge is -2.43. The van der Waals surface area contributed by atoms with Gasteiger partial charge in [0, 0.05) is 12.8 Å². The van der Waals surface area contributed by atoms with Gasteiger partial charge < -0.3 is 44.6 Å². The number of aliphatic hydroxyl groups is 4. The Hall–Kier alpha value is -1.26. The summed E-state index contributed by atoms with van der Waals surface area (Å²) < 4.78 is 49.4. The summed E-state index contributed by atoms with van der Waals surface area (Å²) in [6.45, 7) is 3.11. The lowest BCUT2D eigenvalue weighted by molar-refractivity contribution is -0.216. The highest BCUT2D eigenvalue weighted by atomic mass is 31.2. The molecule has 0 saturated heterocycles. The summed E-state index contributed by atoms with van der Waals surface area (Å²) in [5.41, 5.74) is 0. The maximum Gasteiger partial charge on any atom is 0.472 e. The summed E-state index contributed by atoms with van der Waals surface area (Å²) in [5, 5.41) is 41.2. The Labute approximate surface area is 378 Å². The number of hydrogen-bond donors (Lipinski definition) is 7. The van der Waals surface area contributed by atoms with Crippen molar-refractivity contribution in [2.45, 2.75) is 249 Å². The fourth-order valence-electron chi connectivity index (χ4n) is 7.55. The number of rotatable bonds is 41. The fraction of sp³-hybridized carbons (Fsp3) is 0.911. The molecule has 0 aromatic rings. The molecule has 1 saturated carbocycles. The van der Waals surface area contributed by atoms with Crippen molar-refractivity contribution < 1.29 is 76.9 Å². The normalized spacial score (nSPS) is 22.0. The Balaban J connectivity index is 2.56. The minimum absolute atomic E-state index is 0.0487. The van der Waals surface area contributed by atoms with Crippen LogP contribution < -0.4 is 0 Å². The molecule has 372 valence electrons. The molecule has 18 heteroatoms. The van der Waals surface area contributed by atoms with Crippen LogP contribution in [0.15, 0.2) is 12.2 Å². The SMILES string of the molecule is CCCCCCCC/C=C\CCCCCCCCCC(=O)OC[C@H](COP(=O)(O)O[C@H]1C(O)C(O)C(O)[C@@H](OP(=O)(O)O)C1O)OC(=O)CCCCCCCCCCCCCCC. The molecule has 1 aliphatic carbocycles. The first kappa shape index (κ1) is 59.8. The number of carbonyl (C=O) groups is 2. The van der Waals surface area contributed by atoms with Gasteiger partial charge in [-0.15, -0.1) is 0 Å². The van der Waals surface area contributed by atoms with E-state index in [4.69, 9.17) is 28.3 Å². The molecule has 0 aromatic carbocycles. The molecule has 0 spiro atoms. The van der Waals surface area contributed by atoms with Gasteiger partial charge in [-0.1, -0.05) is 167 Å². The highest BCUT2D eigenvalue weighted by molar-refractivity contribution is 7.47. The van der Waals surface area contributed by atoms with Crippen molar-refractivity contribution in [3.05, 3.63) is 12.2 Å². The zero-order valence-electron chi connectivity index (χ0n) is 38.5. The van der Waals surface area contributed by atoms with Gasteiger partial charge in [-0.2, -0.15) is 0 Å². The molecular formula is C45H86O16P2. The summed E-state index contributed by atoms with van der Waals surface area (Å²) in [5.74, 6) is -1.20. The first-order valence-electron chi connectivity index (χ1n) is 24.2. The zero-order valence-corrected chi connectivity index (χ0v) is 40.3. The topological polar surface area (TPSA) is 256 Å². The van der Waals surface area contributed by atoms with E-state index in [1.807, 2.05) is 0 Å². The van der Waals surface area contributed by atoms with Crippen LogP contribution in [-0.4, -0.2) is 103 Å². The van der Waals surface area contributed by atoms with E-state index in [0.29, 0.717) is 12.8 Å². The van der Waals surface area contributed by atoms with E-state index in [0.717, 1.165) is 70.6 Å². The van der Waals surface area contributed by atoms with Gasteiger partial charge in [-0.3, -0.25) is 23.2 Å². The van der Waals surface area contributed by atoms with E-state index in [1.165, 1.54) is 96.3 Å². The Morgan fingerprint density at radius 2 is 0.873 bits per heavy atom. The van der Waals surface area contributed by atoms with Crippen molar-refractivity contribution in [2.24, 2.45) is 0 Å². The lowest BCUT2D eigenvalue weighted by Crippen LogP contribution is -2.64. The maximum absolute atomic E-state index is 13.0. The van der Waals surface area contributed by atoms with E-state index in [9.17, 15) is 44.0 Å². The summed E-state index contributed by atoms with van der Waals surface area (Å²) in [6, 6.07) is 0. The molecule has 0 amide bonds. The molecule has 7 N–H and O–H groups in total. The van der Waals surface area contributed by atoms with E-state index < -0.39 is 83.5 Å². The third kappa shape index (κ3) is 31.4. The van der Waals surface area contributed by atoms with Gasteiger partial charge in [0.15, 0.2) is 6.10 Å². The van der Waals surface area contributed by atoms with Crippen molar-refractivity contribution in [1.82, 2.24) is 0 Å². The average Bonchev–Trinajstić information content (AvgIpc) is 3.23. The highest BCUT2D eigenvalue weighted by Crippen LogP contribution is 2.49. The second-order valence-corrected chi connectivity index (χ2v) is 19.8. The van der Waals surface area contributed by atoms with E-state index >= 15 is 0 Å². The number of phosphoric ester groups is 2. The molecule has 1 aliphatic rings. The Morgan fingerprint density at radius 1 is 0.492 bits per heavy atom. The van der Waals surface area contributed by atoms with Crippen LogP contribution in [0.5, 0.6) is 0 Å². The van der Waals surface area contributed by atoms with E-state index in [1.54, 1.807) is 0 Å². The van der Waals surface area contributed by atoms with Crippen molar-refractivity contribution in [2.75, 3.05) is 13.2 Å². The van der Waals surface area contributed by atoms with Gasteiger partial charge in [0.25, 0.3) is 0 Å². The van der Waals surface area contributed by atoms with Gasteiger partial charge in [0.05, 0.1) is 6.61 Å². The first-order valence-corrected chi connectivity index (χ1v) is 27.3. The predicted molar refractivity (Wildman–Crippen MR) is 241 cm³/mol. The molecule has 1 fully saturated rings. The minimum Gasteiger partial charge on any atom is -0.462 e. The Bertz CT molecular complexity index is 1280. The zero-order chi connectivity index (χ0) is 46.8. The highest BCUT2D eigenvalue weighted by Gasteiger charge is 2.54. The Morgan fingerprint density at radius 3 is 1.30 bits per heavy atom. The van der Waals surface area contributed by atoms with E-state index in [2.05, 4.69) is 30.5 Å². The van der Waals surface area contributed by atoms with Crippen LogP contribution in [0.1, 0.15) is 206 Å². The number of aliphatic hydroxyl groups excluding tert-OH is 4. The largest absolute Gasteiger partial charge is 0.472 e. The predicted octanol–water partition coefficient (Wildman–Crippen LogP) is 9.18. The van der Waals surface area contributed by atoms with Gasteiger partial charge in [0.2, 0.25) is 0 Å². The molecule has 5 unspecified atom stereocenters. The van der Waals surface area contributed by atoms with Crippen LogP contribution in [-0.2, 0) is 41.8 Å². The van der Waals surface area contributed by atoms with Crippen molar-refractivity contribution in [3.63, 3.8) is 0 Å². The molecule has 8 atom stereocenters. The quantitative estimate of drug-likeness (QED) is 0.0130. The number of carbonyl (C=O) groups excluding carboxylic acids is 2. The standard InChI is InChI=1S/C45H86O16P2/c1-3-5-7-9-11-13-15-17-18-19-20-22-23-25-27-29-31-33-38(46)57-35-37(59-39(47)34-32-30-28-26-24-21-16-14-12-10-8-6-4-2)36-58-63(55,56)61-45-42(50)40(48)41(49)44(43(45)51)60-62(52,53)54/h17-18,37,40-45,48-51H,3-16,19-36H2,1-2H3,(H,55,56)(H2,52,53,54)/b18-17-/t37-,40?,41?,42?,43?,44-,45+/m1/s1. The Kier molecular flexibility index (Phi) is 34.9. The van der Waals surface area contributed by atoms with Crippen LogP contribution in [0, 0.1) is 0 Å². The average molecular weight is 945 g/mol. The third-order valence-electron chi connectivity index (χ3n) is 11.3. The number of ether oxygens (including phenoxy) is 2. The molecule has 0 aliphatic heterocycles. The number of phosphoric acid groups is 2. The first-order chi connectivity index (χ1) is 30.1. The number of unbranched alkanes of at least 4 members (excludes halogenated alkanes) is 25. The van der Waals surface area contributed by atoms with Crippen LogP contribution in [0.25, 0.3) is 0 Å². The summed E-state index contributed by atoms with van der Waals surface area (Å²) >= 11 is 0. The van der Waals surface area contributed by atoms with Gasteiger partial charge in [-0.25, -0.2) is 9.13 Å². The molecule has 1 rings (SSSR count). The van der Waals surface area contributed by atoms with Crippen LogP contribution >= 0.6 is 15.6 Å². The van der Waals surface area contributed by atoms with Crippen molar-refractivity contribution in [3.8, 4) is 0 Å². The summed E-state index contributed by atoms with van der Waals surface area (Å²) in [6.07, 6.45) is 21.7. The summed E-state index contributed by atoms with van der Waals surface area (Å²) in [4.78, 5) is 54.3. The molecule has 0 heterocycles. The molecule has 0 aromatic heterocycles. The van der Waals surface area contributed by atoms with E-state index in [-0.39, 0.29) is 12.8 Å². The van der Waals surface area contributed by atoms with Crippen LogP contribution in [0.3, 0.4) is 0 Å². The number of esters is 2. The second-order valence-electron chi connectivity index (χ2n) is 17.2. The van der Waals surface area contributed by atoms with Gasteiger partial charge in [-0.05, 0) is 38.5 Å². The van der Waals surface area contributed by atoms with Crippen LogP contribution in [0.4, 0.5) is 0 Å².